The van der Waals surface area contributed by atoms with Crippen LogP contribution in [0, 0.1) is 6.92 Å². The van der Waals surface area contributed by atoms with Crippen LogP contribution in [0.3, 0.4) is 0 Å². The van der Waals surface area contributed by atoms with Crippen LogP contribution in [0.15, 0.2) is 71.1 Å². The van der Waals surface area contributed by atoms with Gasteiger partial charge < -0.3 is 19.5 Å². The number of amides is 3. The number of carbonyl (C=O) groups excluding carboxylic acids is 2. The minimum absolute atomic E-state index is 0.0280. The summed E-state index contributed by atoms with van der Waals surface area (Å²) in [5.41, 5.74) is 1.64. The van der Waals surface area contributed by atoms with Gasteiger partial charge in [0.15, 0.2) is 0 Å². The molecule has 0 aliphatic heterocycles. The number of aryl methyl sites for hydroxylation is 1. The van der Waals surface area contributed by atoms with Gasteiger partial charge in [0.25, 0.3) is 0 Å². The summed E-state index contributed by atoms with van der Waals surface area (Å²) < 4.78 is 5.69. The van der Waals surface area contributed by atoms with E-state index in [1.54, 1.807) is 29.2 Å². The monoisotopic (exact) mass is 453 g/mol. The van der Waals surface area contributed by atoms with Gasteiger partial charge >= 0.3 is 6.03 Å². The van der Waals surface area contributed by atoms with Crippen molar-refractivity contribution in [3.05, 3.63) is 88.8 Å². The van der Waals surface area contributed by atoms with E-state index < -0.39 is 0 Å². The highest BCUT2D eigenvalue weighted by Crippen LogP contribution is 2.16. The molecule has 0 saturated carbocycles. The van der Waals surface area contributed by atoms with Gasteiger partial charge in [-0.25, -0.2) is 4.79 Å². The second-order valence-corrected chi connectivity index (χ2v) is 8.04. The number of nitrogens with one attached hydrogen (secondary N) is 1. The molecule has 1 aromatic heterocycles. The maximum absolute atomic E-state index is 13.3. The molecule has 3 rings (SSSR count). The van der Waals surface area contributed by atoms with Crippen LogP contribution in [0.1, 0.15) is 30.4 Å². The van der Waals surface area contributed by atoms with Gasteiger partial charge in [-0.15, -0.1) is 0 Å². The third-order valence-corrected chi connectivity index (χ3v) is 5.17. The largest absolute Gasteiger partial charge is 0.464 e. The molecule has 0 aliphatic carbocycles. The number of halogens is 1. The van der Waals surface area contributed by atoms with Crippen molar-refractivity contribution in [1.29, 1.82) is 0 Å². The van der Waals surface area contributed by atoms with Crippen LogP contribution in [0.25, 0.3) is 0 Å². The predicted molar refractivity (Wildman–Crippen MR) is 126 cm³/mol. The highest BCUT2D eigenvalue weighted by Gasteiger charge is 2.22. The van der Waals surface area contributed by atoms with Crippen molar-refractivity contribution < 1.29 is 14.0 Å². The van der Waals surface area contributed by atoms with Crippen LogP contribution in [0.4, 0.5) is 10.5 Å². The summed E-state index contributed by atoms with van der Waals surface area (Å²) >= 11 is 5.92. The molecule has 1 heterocycles. The zero-order valence-corrected chi connectivity index (χ0v) is 19.1. The second-order valence-electron chi connectivity index (χ2n) is 7.61. The fourth-order valence-corrected chi connectivity index (χ4v) is 3.44. The lowest BCUT2D eigenvalue weighted by atomic mass is 10.2. The normalized spacial score (nSPS) is 10.6. The Morgan fingerprint density at radius 2 is 1.66 bits per heavy atom. The second kappa shape index (κ2) is 11.4. The number of furan rings is 1. The maximum atomic E-state index is 13.3. The summed E-state index contributed by atoms with van der Waals surface area (Å²) in [4.78, 5) is 29.4. The summed E-state index contributed by atoms with van der Waals surface area (Å²) in [6, 6.07) is 20.1. The van der Waals surface area contributed by atoms with E-state index in [2.05, 4.69) is 5.32 Å². The Labute approximate surface area is 193 Å². The Morgan fingerprint density at radius 1 is 0.938 bits per heavy atom. The number of hydrogen-bond acceptors (Lipinski definition) is 3. The molecular weight excluding hydrogens is 426 g/mol. The van der Waals surface area contributed by atoms with E-state index in [1.807, 2.05) is 56.3 Å². The molecule has 2 aromatic carbocycles. The van der Waals surface area contributed by atoms with Gasteiger partial charge in [-0.05, 0) is 55.3 Å². The van der Waals surface area contributed by atoms with Crippen molar-refractivity contribution in [2.24, 2.45) is 0 Å². The number of urea groups is 1. The van der Waals surface area contributed by atoms with Gasteiger partial charge in [0.05, 0.1) is 6.54 Å². The third kappa shape index (κ3) is 6.89. The Hall–Kier alpha value is -3.25. The van der Waals surface area contributed by atoms with Crippen molar-refractivity contribution in [2.75, 3.05) is 18.4 Å². The maximum Gasteiger partial charge on any atom is 0.322 e. The van der Waals surface area contributed by atoms with Crippen LogP contribution in [0.2, 0.25) is 5.02 Å². The summed E-state index contributed by atoms with van der Waals surface area (Å²) in [7, 11) is 0. The highest BCUT2D eigenvalue weighted by atomic mass is 35.5. The van der Waals surface area contributed by atoms with E-state index in [0.29, 0.717) is 36.1 Å². The molecule has 3 amide bonds. The average molecular weight is 454 g/mol. The average Bonchev–Trinajstić information content (AvgIpc) is 3.20. The van der Waals surface area contributed by atoms with Crippen molar-refractivity contribution >= 4 is 29.2 Å². The Balaban J connectivity index is 1.72. The quantitative estimate of drug-likeness (QED) is 0.451. The molecule has 0 aliphatic rings. The van der Waals surface area contributed by atoms with Crippen LogP contribution in [-0.2, 0) is 17.9 Å². The minimum Gasteiger partial charge on any atom is -0.464 e. The SMILES string of the molecule is CCCN(CC(=O)N(Cc1ccccc1)Cc1ccc(C)o1)C(=O)Nc1ccc(Cl)cc1. The lowest BCUT2D eigenvalue weighted by Gasteiger charge is -2.27. The number of benzene rings is 2. The highest BCUT2D eigenvalue weighted by molar-refractivity contribution is 6.30. The van der Waals surface area contributed by atoms with Crippen LogP contribution >= 0.6 is 11.6 Å². The minimum atomic E-state index is -0.323. The fraction of sp³-hybridized carbons (Fsp3) is 0.280. The Kier molecular flexibility index (Phi) is 8.34. The third-order valence-electron chi connectivity index (χ3n) is 4.91. The lowest BCUT2D eigenvalue weighted by molar-refractivity contribution is -0.133. The first-order valence-corrected chi connectivity index (χ1v) is 11.0. The molecule has 168 valence electrons. The number of rotatable bonds is 9. The molecule has 0 bridgehead atoms. The first kappa shape index (κ1) is 23.4. The molecule has 7 heteroatoms. The number of anilines is 1. The first-order chi connectivity index (χ1) is 15.4. The summed E-state index contributed by atoms with van der Waals surface area (Å²) in [5.74, 6) is 1.35. The molecule has 1 N–H and O–H groups in total. The first-order valence-electron chi connectivity index (χ1n) is 10.6. The molecular formula is C25H28ClN3O3. The molecule has 0 saturated heterocycles. The smallest absolute Gasteiger partial charge is 0.322 e. The van der Waals surface area contributed by atoms with Gasteiger partial charge in [-0.2, -0.15) is 0 Å². The van der Waals surface area contributed by atoms with Crippen molar-refractivity contribution in [2.45, 2.75) is 33.4 Å². The Bertz CT molecular complexity index is 1020. The standard InChI is InChI=1S/C25H28ClN3O3/c1-3-15-28(25(31)27-22-12-10-21(26)11-13-22)18-24(30)29(16-20-7-5-4-6-8-20)17-23-14-9-19(2)32-23/h4-14H,3,15-18H2,1-2H3,(H,27,31). The zero-order chi connectivity index (χ0) is 22.9. The van der Waals surface area contributed by atoms with Gasteiger partial charge in [-0.1, -0.05) is 48.9 Å². The molecule has 32 heavy (non-hydrogen) atoms. The van der Waals surface area contributed by atoms with E-state index >= 15 is 0 Å². The van der Waals surface area contributed by atoms with Crippen molar-refractivity contribution in [1.82, 2.24) is 9.80 Å². The van der Waals surface area contributed by atoms with E-state index in [0.717, 1.165) is 17.7 Å². The molecule has 0 atom stereocenters. The van der Waals surface area contributed by atoms with Gasteiger partial charge in [0.2, 0.25) is 5.91 Å². The van der Waals surface area contributed by atoms with E-state index in [4.69, 9.17) is 16.0 Å². The topological polar surface area (TPSA) is 65.8 Å². The fourth-order valence-electron chi connectivity index (χ4n) is 3.32. The lowest BCUT2D eigenvalue weighted by Crippen LogP contribution is -2.44. The predicted octanol–water partition coefficient (Wildman–Crippen LogP) is 5.71. The summed E-state index contributed by atoms with van der Waals surface area (Å²) in [6.07, 6.45) is 0.734. The van der Waals surface area contributed by atoms with Gasteiger partial charge in [0.1, 0.15) is 18.1 Å². The van der Waals surface area contributed by atoms with E-state index in [9.17, 15) is 9.59 Å². The number of carbonyl (C=O) groups is 2. The van der Waals surface area contributed by atoms with Crippen LogP contribution in [-0.4, -0.2) is 34.8 Å². The van der Waals surface area contributed by atoms with Crippen LogP contribution < -0.4 is 5.32 Å². The molecule has 6 nitrogen and oxygen atoms in total. The summed E-state index contributed by atoms with van der Waals surface area (Å²) in [6.45, 7) is 5.04. The van der Waals surface area contributed by atoms with Gasteiger partial charge in [-0.3, -0.25) is 4.79 Å². The zero-order valence-electron chi connectivity index (χ0n) is 18.4. The Morgan fingerprint density at radius 3 is 2.28 bits per heavy atom. The van der Waals surface area contributed by atoms with E-state index in [1.165, 1.54) is 4.90 Å². The number of nitrogens with zero attached hydrogens (tertiary/aromatic N) is 2. The molecule has 0 spiro atoms. The molecule has 0 radical (unpaired) electrons. The molecule has 3 aromatic rings. The van der Waals surface area contributed by atoms with Crippen molar-refractivity contribution in [3.8, 4) is 0 Å². The van der Waals surface area contributed by atoms with Crippen molar-refractivity contribution in [3.63, 3.8) is 0 Å². The van der Waals surface area contributed by atoms with E-state index in [-0.39, 0.29) is 18.5 Å². The number of hydrogen-bond donors (Lipinski definition) is 1. The summed E-state index contributed by atoms with van der Waals surface area (Å²) in [5, 5.41) is 3.43. The molecule has 0 fully saturated rings. The van der Waals surface area contributed by atoms with Gasteiger partial charge in [0, 0.05) is 23.8 Å². The van der Waals surface area contributed by atoms with Crippen LogP contribution in [0.5, 0.6) is 0 Å². The molecule has 0 unspecified atom stereocenters.